The third-order valence-electron chi connectivity index (χ3n) is 3.66. The number of aromatic nitrogens is 2. The van der Waals surface area contributed by atoms with Gasteiger partial charge in [-0.2, -0.15) is 0 Å². The van der Waals surface area contributed by atoms with Crippen LogP contribution in [0.1, 0.15) is 18.7 Å². The number of alkyl halides is 1. The summed E-state index contributed by atoms with van der Waals surface area (Å²) in [4.78, 5) is 18.6. The van der Waals surface area contributed by atoms with Crippen LogP contribution in [0.5, 0.6) is 0 Å². The van der Waals surface area contributed by atoms with Gasteiger partial charge in [-0.3, -0.25) is 4.79 Å². The number of amides is 1. The highest BCUT2D eigenvalue weighted by molar-refractivity contribution is 6.31. The lowest BCUT2D eigenvalue weighted by Gasteiger charge is -2.16. The number of carbonyl (C=O) groups is 1. The maximum absolute atomic E-state index is 12.3. The highest BCUT2D eigenvalue weighted by Gasteiger charge is 2.20. The molecule has 1 aromatic heterocycles. The van der Waals surface area contributed by atoms with Crippen molar-refractivity contribution >= 4 is 40.1 Å². The lowest BCUT2D eigenvalue weighted by Crippen LogP contribution is -2.31. The fourth-order valence-corrected chi connectivity index (χ4v) is 3.00. The first-order valence-electron chi connectivity index (χ1n) is 6.67. The van der Waals surface area contributed by atoms with Crippen LogP contribution in [0.3, 0.4) is 0 Å². The van der Waals surface area contributed by atoms with Crippen molar-refractivity contribution in [1.29, 1.82) is 0 Å². The third-order valence-corrected chi connectivity index (χ3v) is 4.14. The molecule has 0 spiro atoms. The molecule has 0 N–H and O–H groups in total. The van der Waals surface area contributed by atoms with E-state index >= 15 is 0 Å². The number of rotatable bonds is 3. The van der Waals surface area contributed by atoms with E-state index in [0.717, 1.165) is 37.0 Å². The Labute approximate surface area is 127 Å². The lowest BCUT2D eigenvalue weighted by molar-refractivity contribution is -0.130. The molecule has 1 fully saturated rings. The van der Waals surface area contributed by atoms with Crippen LogP contribution in [0.15, 0.2) is 18.2 Å². The minimum absolute atomic E-state index is 0.128. The van der Waals surface area contributed by atoms with Gasteiger partial charge in [-0.25, -0.2) is 4.98 Å². The van der Waals surface area contributed by atoms with Gasteiger partial charge >= 0.3 is 0 Å². The van der Waals surface area contributed by atoms with Gasteiger partial charge in [-0.05, 0) is 31.0 Å². The molecule has 106 valence electrons. The Hall–Kier alpha value is -1.26. The Morgan fingerprint density at radius 3 is 2.75 bits per heavy atom. The first-order valence-corrected chi connectivity index (χ1v) is 7.58. The summed E-state index contributed by atoms with van der Waals surface area (Å²) in [6.07, 6.45) is 2.18. The Kier molecular flexibility index (Phi) is 3.85. The number of benzene rings is 1. The van der Waals surface area contributed by atoms with Crippen molar-refractivity contribution < 1.29 is 4.79 Å². The zero-order valence-electron chi connectivity index (χ0n) is 11.0. The van der Waals surface area contributed by atoms with Crippen LogP contribution >= 0.6 is 23.2 Å². The molecule has 1 aliphatic rings. The molecule has 2 aromatic rings. The summed E-state index contributed by atoms with van der Waals surface area (Å²) in [6.45, 7) is 2.00. The van der Waals surface area contributed by atoms with E-state index in [4.69, 9.17) is 23.2 Å². The number of hydrogen-bond donors (Lipinski definition) is 0. The normalized spacial score (nSPS) is 15.2. The van der Waals surface area contributed by atoms with Crippen molar-refractivity contribution in [3.05, 3.63) is 29.0 Å². The van der Waals surface area contributed by atoms with Crippen LogP contribution < -0.4 is 0 Å². The van der Waals surface area contributed by atoms with Crippen LogP contribution in [-0.4, -0.2) is 33.4 Å². The van der Waals surface area contributed by atoms with Crippen LogP contribution in [-0.2, 0) is 17.2 Å². The molecule has 1 aliphatic heterocycles. The van der Waals surface area contributed by atoms with E-state index in [1.807, 2.05) is 15.5 Å². The molecule has 0 radical (unpaired) electrons. The van der Waals surface area contributed by atoms with Crippen LogP contribution in [0.25, 0.3) is 11.0 Å². The van der Waals surface area contributed by atoms with Crippen molar-refractivity contribution in [2.24, 2.45) is 0 Å². The number of halogens is 2. The second-order valence-electron chi connectivity index (χ2n) is 4.97. The summed E-state index contributed by atoms with van der Waals surface area (Å²) in [7, 11) is 0. The van der Waals surface area contributed by atoms with Gasteiger partial charge in [0.15, 0.2) is 0 Å². The van der Waals surface area contributed by atoms with Crippen molar-refractivity contribution in [3.63, 3.8) is 0 Å². The summed E-state index contributed by atoms with van der Waals surface area (Å²) < 4.78 is 1.89. The van der Waals surface area contributed by atoms with Crippen molar-refractivity contribution in [2.45, 2.75) is 25.3 Å². The smallest absolute Gasteiger partial charge is 0.242 e. The molecule has 2 heterocycles. The number of fused-ring (bicyclic) bond motifs is 1. The predicted octanol–water partition coefficient (Wildman–Crippen LogP) is 3.05. The zero-order valence-corrected chi connectivity index (χ0v) is 12.5. The number of hydrogen-bond acceptors (Lipinski definition) is 2. The monoisotopic (exact) mass is 311 g/mol. The molecule has 0 saturated carbocycles. The van der Waals surface area contributed by atoms with Crippen LogP contribution in [0.2, 0.25) is 5.02 Å². The van der Waals surface area contributed by atoms with Gasteiger partial charge in [-0.15, -0.1) is 11.6 Å². The summed E-state index contributed by atoms with van der Waals surface area (Å²) in [6, 6.07) is 5.49. The standard InChI is InChI=1S/C14H15Cl2N3O/c15-8-13-17-11-7-10(16)3-4-12(11)19(13)9-14(20)18-5-1-2-6-18/h3-4,7H,1-2,5-6,8-9H2. The van der Waals surface area contributed by atoms with E-state index in [1.54, 1.807) is 12.1 Å². The third kappa shape index (κ3) is 2.50. The van der Waals surface area contributed by atoms with E-state index in [1.165, 1.54) is 0 Å². The highest BCUT2D eigenvalue weighted by atomic mass is 35.5. The topological polar surface area (TPSA) is 38.1 Å². The maximum atomic E-state index is 12.3. The minimum atomic E-state index is 0.128. The second kappa shape index (κ2) is 5.62. The number of carbonyl (C=O) groups excluding carboxylic acids is 1. The first-order chi connectivity index (χ1) is 9.69. The van der Waals surface area contributed by atoms with Gasteiger partial charge in [0.1, 0.15) is 12.4 Å². The summed E-state index contributed by atoms with van der Waals surface area (Å²) >= 11 is 11.9. The van der Waals surface area contributed by atoms with E-state index in [2.05, 4.69) is 4.98 Å². The van der Waals surface area contributed by atoms with Gasteiger partial charge in [0.2, 0.25) is 5.91 Å². The molecule has 1 amide bonds. The van der Waals surface area contributed by atoms with Crippen LogP contribution in [0.4, 0.5) is 0 Å². The van der Waals surface area contributed by atoms with Crippen molar-refractivity contribution in [1.82, 2.24) is 14.5 Å². The van der Waals surface area contributed by atoms with Crippen molar-refractivity contribution in [3.8, 4) is 0 Å². The molecule has 0 aliphatic carbocycles. The van der Waals surface area contributed by atoms with E-state index in [0.29, 0.717) is 17.4 Å². The van der Waals surface area contributed by atoms with Gasteiger partial charge in [0.05, 0.1) is 16.9 Å². The summed E-state index contributed by atoms with van der Waals surface area (Å²) in [5.74, 6) is 1.11. The summed E-state index contributed by atoms with van der Waals surface area (Å²) in [5, 5.41) is 0.633. The first kappa shape index (κ1) is 13.7. The maximum Gasteiger partial charge on any atom is 0.242 e. The lowest BCUT2D eigenvalue weighted by atomic mass is 10.3. The Morgan fingerprint density at radius 1 is 1.30 bits per heavy atom. The molecule has 0 unspecified atom stereocenters. The largest absolute Gasteiger partial charge is 0.341 e. The van der Waals surface area contributed by atoms with Crippen LogP contribution in [0, 0.1) is 0 Å². The van der Waals surface area contributed by atoms with E-state index in [9.17, 15) is 4.79 Å². The molecule has 20 heavy (non-hydrogen) atoms. The van der Waals surface area contributed by atoms with Gasteiger partial charge in [0, 0.05) is 18.1 Å². The van der Waals surface area contributed by atoms with Gasteiger partial charge < -0.3 is 9.47 Å². The number of likely N-dealkylation sites (tertiary alicyclic amines) is 1. The molecule has 0 bridgehead atoms. The second-order valence-corrected chi connectivity index (χ2v) is 5.67. The average molecular weight is 312 g/mol. The zero-order chi connectivity index (χ0) is 14.1. The highest BCUT2D eigenvalue weighted by Crippen LogP contribution is 2.22. The van der Waals surface area contributed by atoms with E-state index < -0.39 is 0 Å². The fraction of sp³-hybridized carbons (Fsp3) is 0.429. The number of imidazole rings is 1. The Bertz CT molecular complexity index is 647. The van der Waals surface area contributed by atoms with Gasteiger partial charge in [-0.1, -0.05) is 11.6 Å². The minimum Gasteiger partial charge on any atom is -0.341 e. The van der Waals surface area contributed by atoms with Gasteiger partial charge in [0.25, 0.3) is 0 Å². The molecule has 3 rings (SSSR count). The van der Waals surface area contributed by atoms with E-state index in [-0.39, 0.29) is 11.8 Å². The quantitative estimate of drug-likeness (QED) is 0.817. The van der Waals surface area contributed by atoms with Crippen molar-refractivity contribution in [2.75, 3.05) is 13.1 Å². The fourth-order valence-electron chi connectivity index (χ4n) is 2.63. The Morgan fingerprint density at radius 2 is 2.05 bits per heavy atom. The predicted molar refractivity (Wildman–Crippen MR) is 80.1 cm³/mol. The molecule has 0 atom stereocenters. The molecule has 6 heteroatoms. The number of nitrogens with zero attached hydrogens (tertiary/aromatic N) is 3. The molecule has 1 saturated heterocycles. The SMILES string of the molecule is O=C(Cn1c(CCl)nc2cc(Cl)ccc21)N1CCCC1. The molecular formula is C14H15Cl2N3O. The average Bonchev–Trinajstić information content (AvgIpc) is 3.06. The molecule has 1 aromatic carbocycles. The molecule has 4 nitrogen and oxygen atoms in total. The summed E-state index contributed by atoms with van der Waals surface area (Å²) in [5.41, 5.74) is 1.68. The molecular weight excluding hydrogens is 297 g/mol. The Balaban J connectivity index is 1.94.